The number of sulfonamides is 1. The molecule has 0 unspecified atom stereocenters. The fraction of sp³-hybridized carbons (Fsp3) is 0.235. The van der Waals surface area contributed by atoms with Crippen molar-refractivity contribution in [2.75, 3.05) is 32.2 Å². The van der Waals surface area contributed by atoms with Gasteiger partial charge in [-0.3, -0.25) is 4.72 Å². The molecule has 1 N–H and O–H groups in total. The molecule has 9 heteroatoms. The van der Waals surface area contributed by atoms with E-state index in [0.717, 1.165) is 0 Å². The Morgan fingerprint density at radius 1 is 1.04 bits per heavy atom. The fourth-order valence-electron chi connectivity index (χ4n) is 2.43. The highest BCUT2D eigenvalue weighted by molar-refractivity contribution is 7.92. The minimum Gasteiger partial charge on any atom is -0.495 e. The van der Waals surface area contributed by atoms with Crippen molar-refractivity contribution in [2.24, 2.45) is 0 Å². The third-order valence-corrected chi connectivity index (χ3v) is 5.05. The van der Waals surface area contributed by atoms with E-state index in [0.29, 0.717) is 24.7 Å². The van der Waals surface area contributed by atoms with Crippen LogP contribution in [0.5, 0.6) is 17.2 Å². The minimum absolute atomic E-state index is 0.00715. The van der Waals surface area contributed by atoms with Gasteiger partial charge in [0.05, 0.1) is 30.4 Å². The topological polar surface area (TPSA) is 100 Å². The normalized spacial score (nSPS) is 13.0. The van der Waals surface area contributed by atoms with Gasteiger partial charge < -0.3 is 18.9 Å². The van der Waals surface area contributed by atoms with Gasteiger partial charge in [0.25, 0.3) is 10.0 Å². The van der Waals surface area contributed by atoms with Crippen LogP contribution in [0.15, 0.2) is 41.3 Å². The van der Waals surface area contributed by atoms with E-state index in [2.05, 4.69) is 9.46 Å². The van der Waals surface area contributed by atoms with Gasteiger partial charge in [0.2, 0.25) is 0 Å². The number of rotatable bonds is 5. The zero-order valence-electron chi connectivity index (χ0n) is 14.1. The number of esters is 1. The van der Waals surface area contributed by atoms with Gasteiger partial charge in [-0.05, 0) is 30.3 Å². The molecule has 8 nitrogen and oxygen atoms in total. The molecule has 0 atom stereocenters. The van der Waals surface area contributed by atoms with Crippen LogP contribution in [0.4, 0.5) is 5.69 Å². The molecule has 0 fully saturated rings. The first-order valence-electron chi connectivity index (χ1n) is 7.63. The summed E-state index contributed by atoms with van der Waals surface area (Å²) in [5.74, 6) is 0.515. The molecule has 1 aliphatic heterocycles. The van der Waals surface area contributed by atoms with Gasteiger partial charge in [-0.15, -0.1) is 0 Å². The number of methoxy groups -OCH3 is 2. The number of ether oxygens (including phenoxy) is 4. The zero-order chi connectivity index (χ0) is 18.7. The zero-order valence-corrected chi connectivity index (χ0v) is 15.0. The largest absolute Gasteiger partial charge is 0.495 e. The summed E-state index contributed by atoms with van der Waals surface area (Å²) >= 11 is 0. The van der Waals surface area contributed by atoms with Crippen LogP contribution >= 0.6 is 0 Å². The van der Waals surface area contributed by atoms with E-state index in [9.17, 15) is 13.2 Å². The van der Waals surface area contributed by atoms with E-state index < -0.39 is 16.0 Å². The average molecular weight is 379 g/mol. The predicted octanol–water partition coefficient (Wildman–Crippen LogP) is 2.05. The molecule has 0 amide bonds. The molecule has 0 aromatic heterocycles. The van der Waals surface area contributed by atoms with Gasteiger partial charge in [0, 0.05) is 6.07 Å². The van der Waals surface area contributed by atoms with Crippen LogP contribution in [0.3, 0.4) is 0 Å². The molecule has 0 aliphatic carbocycles. The number of carbonyl (C=O) groups excluding carboxylic acids is 1. The molecule has 2 aromatic rings. The maximum Gasteiger partial charge on any atom is 0.337 e. The quantitative estimate of drug-likeness (QED) is 0.794. The minimum atomic E-state index is -3.95. The van der Waals surface area contributed by atoms with Crippen molar-refractivity contribution in [1.82, 2.24) is 0 Å². The number of hydrogen-bond acceptors (Lipinski definition) is 7. The van der Waals surface area contributed by atoms with Crippen LogP contribution in [-0.4, -0.2) is 41.8 Å². The number of benzene rings is 2. The first-order chi connectivity index (χ1) is 12.4. The van der Waals surface area contributed by atoms with Crippen LogP contribution in [0.2, 0.25) is 0 Å². The lowest BCUT2D eigenvalue weighted by Gasteiger charge is -2.19. The Kier molecular flexibility index (Phi) is 4.90. The van der Waals surface area contributed by atoms with Crippen LogP contribution in [0.25, 0.3) is 0 Å². The average Bonchev–Trinajstić information content (AvgIpc) is 2.66. The Bertz CT molecular complexity index is 940. The SMILES string of the molecule is COC(=O)c1ccc(OC)c(NS(=O)(=O)c2ccc3c(c2)OCCO3)c1. The fourth-order valence-corrected chi connectivity index (χ4v) is 3.50. The number of hydrogen-bond donors (Lipinski definition) is 1. The lowest BCUT2D eigenvalue weighted by molar-refractivity contribution is 0.0600. The third kappa shape index (κ3) is 3.52. The van der Waals surface area contributed by atoms with Crippen molar-refractivity contribution < 1.29 is 32.2 Å². The molecular formula is C17H17NO7S. The highest BCUT2D eigenvalue weighted by Gasteiger charge is 2.21. The smallest absolute Gasteiger partial charge is 0.337 e. The van der Waals surface area contributed by atoms with E-state index in [4.69, 9.17) is 14.2 Å². The van der Waals surface area contributed by atoms with Crippen molar-refractivity contribution in [1.29, 1.82) is 0 Å². The first-order valence-corrected chi connectivity index (χ1v) is 9.12. The summed E-state index contributed by atoms with van der Waals surface area (Å²) in [6, 6.07) is 8.63. The predicted molar refractivity (Wildman–Crippen MR) is 92.6 cm³/mol. The first kappa shape index (κ1) is 17.9. The van der Waals surface area contributed by atoms with Gasteiger partial charge in [0.15, 0.2) is 11.5 Å². The Hall–Kier alpha value is -2.94. The summed E-state index contributed by atoms with van der Waals surface area (Å²) in [4.78, 5) is 11.7. The highest BCUT2D eigenvalue weighted by atomic mass is 32.2. The van der Waals surface area contributed by atoms with E-state index in [1.165, 1.54) is 50.6 Å². The molecule has 0 radical (unpaired) electrons. The lowest BCUT2D eigenvalue weighted by Crippen LogP contribution is -2.17. The Balaban J connectivity index is 1.95. The van der Waals surface area contributed by atoms with Gasteiger partial charge in [-0.25, -0.2) is 13.2 Å². The molecule has 0 bridgehead atoms. The molecule has 26 heavy (non-hydrogen) atoms. The van der Waals surface area contributed by atoms with Crippen LogP contribution in [0.1, 0.15) is 10.4 Å². The monoisotopic (exact) mass is 379 g/mol. The lowest BCUT2D eigenvalue weighted by atomic mass is 10.2. The molecule has 138 valence electrons. The summed E-state index contributed by atoms with van der Waals surface area (Å²) in [5.41, 5.74) is 0.304. The van der Waals surface area contributed by atoms with E-state index >= 15 is 0 Å². The summed E-state index contributed by atoms with van der Waals surface area (Å²) < 4.78 is 48.5. The maximum absolute atomic E-state index is 12.7. The van der Waals surface area contributed by atoms with E-state index in [1.54, 1.807) is 0 Å². The summed E-state index contributed by atoms with van der Waals surface area (Å²) in [5, 5.41) is 0. The van der Waals surface area contributed by atoms with Crippen molar-refractivity contribution in [3.8, 4) is 17.2 Å². The molecule has 3 rings (SSSR count). The van der Waals surface area contributed by atoms with Gasteiger partial charge in [-0.1, -0.05) is 0 Å². The highest BCUT2D eigenvalue weighted by Crippen LogP contribution is 2.34. The number of anilines is 1. The number of fused-ring (bicyclic) bond motifs is 1. The third-order valence-electron chi connectivity index (χ3n) is 3.69. The van der Waals surface area contributed by atoms with Crippen molar-refractivity contribution in [3.63, 3.8) is 0 Å². The number of carbonyl (C=O) groups is 1. The van der Waals surface area contributed by atoms with Crippen molar-refractivity contribution >= 4 is 21.7 Å². The van der Waals surface area contributed by atoms with Gasteiger partial charge in [0.1, 0.15) is 19.0 Å². The van der Waals surface area contributed by atoms with Crippen LogP contribution < -0.4 is 18.9 Å². The molecule has 1 heterocycles. The van der Waals surface area contributed by atoms with Gasteiger partial charge >= 0.3 is 5.97 Å². The van der Waals surface area contributed by atoms with Crippen molar-refractivity contribution in [3.05, 3.63) is 42.0 Å². The molecule has 2 aromatic carbocycles. The van der Waals surface area contributed by atoms with Crippen LogP contribution in [-0.2, 0) is 14.8 Å². The summed E-state index contributed by atoms with van der Waals surface area (Å²) in [7, 11) is -1.31. The maximum atomic E-state index is 12.7. The second-order valence-electron chi connectivity index (χ2n) is 5.32. The van der Waals surface area contributed by atoms with Crippen molar-refractivity contribution in [2.45, 2.75) is 4.90 Å². The van der Waals surface area contributed by atoms with Crippen LogP contribution in [0, 0.1) is 0 Å². The van der Waals surface area contributed by atoms with Gasteiger partial charge in [-0.2, -0.15) is 0 Å². The molecule has 0 saturated heterocycles. The Morgan fingerprint density at radius 3 is 2.46 bits per heavy atom. The molecule has 1 aliphatic rings. The van der Waals surface area contributed by atoms with E-state index in [1.807, 2.05) is 0 Å². The molecular weight excluding hydrogens is 362 g/mol. The Labute approximate surface area is 150 Å². The second-order valence-corrected chi connectivity index (χ2v) is 7.00. The molecule has 0 spiro atoms. The second kappa shape index (κ2) is 7.12. The Morgan fingerprint density at radius 2 is 1.77 bits per heavy atom. The summed E-state index contributed by atoms with van der Waals surface area (Å²) in [6.45, 7) is 0.758. The summed E-state index contributed by atoms with van der Waals surface area (Å²) in [6.07, 6.45) is 0. The number of nitrogens with one attached hydrogen (secondary N) is 1. The molecule has 0 saturated carbocycles. The standard InChI is InChI=1S/C17H17NO7S/c1-22-14-5-3-11(17(19)23-2)9-13(14)18-26(20,21)12-4-6-15-16(10-12)25-8-7-24-15/h3-6,9-10,18H,7-8H2,1-2H3. The van der Waals surface area contributed by atoms with E-state index in [-0.39, 0.29) is 21.9 Å².